The maximum Gasteiger partial charge on any atom is 0.240 e. The number of aryl methyl sites for hydroxylation is 2. The Hall–Kier alpha value is -0.950. The van der Waals surface area contributed by atoms with E-state index < -0.39 is 10.0 Å². The molecule has 0 saturated carbocycles. The molecule has 1 saturated heterocycles. The predicted octanol–water partition coefficient (Wildman–Crippen LogP) is 1.94. The van der Waals surface area contributed by atoms with E-state index in [0.29, 0.717) is 30.6 Å². The monoisotopic (exact) mass is 340 g/mol. The van der Waals surface area contributed by atoms with Gasteiger partial charge < -0.3 is 4.74 Å². The van der Waals surface area contributed by atoms with Crippen LogP contribution in [0.15, 0.2) is 23.1 Å². The highest BCUT2D eigenvalue weighted by Gasteiger charge is 2.26. The third-order valence-corrected chi connectivity index (χ3v) is 5.98. The highest BCUT2D eigenvalue weighted by atomic mass is 32.2. The molecule has 0 amide bonds. The van der Waals surface area contributed by atoms with Gasteiger partial charge in [0.05, 0.1) is 18.1 Å². The van der Waals surface area contributed by atoms with Gasteiger partial charge in [0.25, 0.3) is 0 Å². The Morgan fingerprint density at radius 2 is 1.83 bits per heavy atom. The van der Waals surface area contributed by atoms with Crippen LogP contribution in [0.4, 0.5) is 0 Å². The SMILES string of the molecule is Cc1ccc(S(=O)(=O)NC[C@H](C(C)C)N2CCOCC2)cc1C. The molecule has 1 fully saturated rings. The molecule has 0 aliphatic carbocycles. The van der Waals surface area contributed by atoms with Gasteiger partial charge in [0.1, 0.15) is 0 Å². The largest absolute Gasteiger partial charge is 0.379 e. The van der Waals surface area contributed by atoms with Crippen molar-refractivity contribution in [1.82, 2.24) is 9.62 Å². The van der Waals surface area contributed by atoms with Crippen LogP contribution in [0.1, 0.15) is 25.0 Å². The number of hydrogen-bond donors (Lipinski definition) is 1. The zero-order valence-electron chi connectivity index (χ0n) is 14.5. The van der Waals surface area contributed by atoms with Gasteiger partial charge in [-0.15, -0.1) is 0 Å². The molecule has 0 radical (unpaired) electrons. The molecule has 23 heavy (non-hydrogen) atoms. The van der Waals surface area contributed by atoms with Crippen molar-refractivity contribution in [2.45, 2.75) is 38.6 Å². The number of benzene rings is 1. The minimum Gasteiger partial charge on any atom is -0.379 e. The Morgan fingerprint density at radius 3 is 2.39 bits per heavy atom. The lowest BCUT2D eigenvalue weighted by Crippen LogP contribution is -2.51. The molecule has 1 aromatic rings. The van der Waals surface area contributed by atoms with Crippen molar-refractivity contribution in [3.05, 3.63) is 29.3 Å². The summed E-state index contributed by atoms with van der Waals surface area (Å²) in [4.78, 5) is 2.65. The topological polar surface area (TPSA) is 58.6 Å². The summed E-state index contributed by atoms with van der Waals surface area (Å²) in [7, 11) is -3.47. The average Bonchev–Trinajstić information content (AvgIpc) is 2.50. The number of rotatable bonds is 6. The fraction of sp³-hybridized carbons (Fsp3) is 0.647. The van der Waals surface area contributed by atoms with Crippen LogP contribution in [-0.2, 0) is 14.8 Å². The number of morpholine rings is 1. The van der Waals surface area contributed by atoms with Crippen molar-refractivity contribution in [3.63, 3.8) is 0 Å². The lowest BCUT2D eigenvalue weighted by atomic mass is 10.0. The molecule has 5 nitrogen and oxygen atoms in total. The van der Waals surface area contributed by atoms with Crippen molar-refractivity contribution >= 4 is 10.0 Å². The first-order valence-corrected chi connectivity index (χ1v) is 9.68. The molecular formula is C17H28N2O3S. The number of nitrogens with zero attached hydrogens (tertiary/aromatic N) is 1. The summed E-state index contributed by atoms with van der Waals surface area (Å²) in [5.41, 5.74) is 2.08. The van der Waals surface area contributed by atoms with Crippen LogP contribution in [0.3, 0.4) is 0 Å². The molecule has 6 heteroatoms. The summed E-state index contributed by atoms with van der Waals surface area (Å²) >= 11 is 0. The smallest absolute Gasteiger partial charge is 0.240 e. The summed E-state index contributed by atoms with van der Waals surface area (Å²) in [6.07, 6.45) is 0. The summed E-state index contributed by atoms with van der Waals surface area (Å²) in [6, 6.07) is 5.44. The van der Waals surface area contributed by atoms with Crippen LogP contribution in [0.2, 0.25) is 0 Å². The fourth-order valence-electron chi connectivity index (χ4n) is 2.86. The maximum atomic E-state index is 12.6. The van der Waals surface area contributed by atoms with Gasteiger partial charge in [-0.3, -0.25) is 4.90 Å². The van der Waals surface area contributed by atoms with E-state index >= 15 is 0 Å². The summed E-state index contributed by atoms with van der Waals surface area (Å²) in [5, 5.41) is 0. The van der Waals surface area contributed by atoms with Crippen molar-refractivity contribution in [1.29, 1.82) is 0 Å². The van der Waals surface area contributed by atoms with Crippen molar-refractivity contribution in [2.75, 3.05) is 32.8 Å². The van der Waals surface area contributed by atoms with Gasteiger partial charge in [0.2, 0.25) is 10.0 Å². The molecule has 2 rings (SSSR count). The van der Waals surface area contributed by atoms with Crippen LogP contribution >= 0.6 is 0 Å². The van der Waals surface area contributed by atoms with E-state index in [-0.39, 0.29) is 6.04 Å². The maximum absolute atomic E-state index is 12.6. The highest BCUT2D eigenvalue weighted by Crippen LogP contribution is 2.16. The zero-order chi connectivity index (χ0) is 17.0. The van der Waals surface area contributed by atoms with Gasteiger partial charge in [0.15, 0.2) is 0 Å². The first-order chi connectivity index (χ1) is 10.8. The van der Waals surface area contributed by atoms with E-state index in [0.717, 1.165) is 24.2 Å². The van der Waals surface area contributed by atoms with Gasteiger partial charge in [-0.2, -0.15) is 0 Å². The van der Waals surface area contributed by atoms with E-state index in [4.69, 9.17) is 4.74 Å². The highest BCUT2D eigenvalue weighted by molar-refractivity contribution is 7.89. The summed E-state index contributed by atoms with van der Waals surface area (Å²) < 4.78 is 33.3. The Morgan fingerprint density at radius 1 is 1.17 bits per heavy atom. The van der Waals surface area contributed by atoms with Crippen molar-refractivity contribution < 1.29 is 13.2 Å². The molecule has 0 spiro atoms. The van der Waals surface area contributed by atoms with Gasteiger partial charge in [-0.05, 0) is 43.0 Å². The lowest BCUT2D eigenvalue weighted by Gasteiger charge is -2.36. The standard InChI is InChI=1S/C17H28N2O3S/c1-13(2)17(19-7-9-22-10-8-19)12-18-23(20,21)16-6-5-14(3)15(4)11-16/h5-6,11,13,17-18H,7-10,12H2,1-4H3/t17-/m1/s1. The second kappa shape index (κ2) is 7.75. The molecule has 1 aromatic carbocycles. The van der Waals surface area contributed by atoms with E-state index in [2.05, 4.69) is 23.5 Å². The Balaban J connectivity index is 2.07. The van der Waals surface area contributed by atoms with Gasteiger partial charge in [-0.1, -0.05) is 19.9 Å². The quantitative estimate of drug-likeness (QED) is 0.860. The first kappa shape index (κ1) is 18.4. The molecule has 0 aromatic heterocycles. The van der Waals surface area contributed by atoms with Gasteiger partial charge >= 0.3 is 0 Å². The minimum atomic E-state index is -3.47. The second-order valence-corrected chi connectivity index (χ2v) is 8.32. The lowest BCUT2D eigenvalue weighted by molar-refractivity contribution is 0.00776. The Bertz CT molecular complexity index is 623. The summed E-state index contributed by atoms with van der Waals surface area (Å²) in [6.45, 7) is 11.7. The number of ether oxygens (including phenoxy) is 1. The molecule has 1 aliphatic heterocycles. The summed E-state index contributed by atoms with van der Waals surface area (Å²) in [5.74, 6) is 0.371. The van der Waals surface area contributed by atoms with Gasteiger partial charge in [-0.25, -0.2) is 13.1 Å². The number of sulfonamides is 1. The number of nitrogens with one attached hydrogen (secondary N) is 1. The Kier molecular flexibility index (Phi) is 6.19. The minimum absolute atomic E-state index is 0.181. The average molecular weight is 340 g/mol. The van der Waals surface area contributed by atoms with Gasteiger partial charge in [0, 0.05) is 25.7 Å². The van der Waals surface area contributed by atoms with E-state index in [9.17, 15) is 8.42 Å². The predicted molar refractivity (Wildman–Crippen MR) is 92.1 cm³/mol. The first-order valence-electron chi connectivity index (χ1n) is 8.20. The van der Waals surface area contributed by atoms with E-state index in [1.807, 2.05) is 19.9 Å². The molecular weight excluding hydrogens is 312 g/mol. The zero-order valence-corrected chi connectivity index (χ0v) is 15.3. The van der Waals surface area contributed by atoms with Crippen molar-refractivity contribution in [3.8, 4) is 0 Å². The van der Waals surface area contributed by atoms with E-state index in [1.54, 1.807) is 12.1 Å². The molecule has 130 valence electrons. The van der Waals surface area contributed by atoms with Crippen LogP contribution < -0.4 is 4.72 Å². The van der Waals surface area contributed by atoms with Crippen LogP contribution in [-0.4, -0.2) is 52.2 Å². The number of hydrogen-bond acceptors (Lipinski definition) is 4. The van der Waals surface area contributed by atoms with Crippen LogP contribution in [0, 0.1) is 19.8 Å². The van der Waals surface area contributed by atoms with Crippen LogP contribution in [0.25, 0.3) is 0 Å². The fourth-order valence-corrected chi connectivity index (χ4v) is 3.99. The Labute approximate surface area is 140 Å². The molecule has 1 atom stereocenters. The third kappa shape index (κ3) is 4.76. The normalized spacial score (nSPS) is 18.3. The molecule has 0 unspecified atom stereocenters. The molecule has 1 N–H and O–H groups in total. The molecule has 1 heterocycles. The van der Waals surface area contributed by atoms with Crippen LogP contribution in [0.5, 0.6) is 0 Å². The van der Waals surface area contributed by atoms with Crippen molar-refractivity contribution in [2.24, 2.45) is 5.92 Å². The third-order valence-electron chi connectivity index (χ3n) is 4.56. The second-order valence-electron chi connectivity index (χ2n) is 6.56. The van der Waals surface area contributed by atoms with E-state index in [1.165, 1.54) is 0 Å². The molecule has 0 bridgehead atoms. The molecule has 1 aliphatic rings.